The Morgan fingerprint density at radius 1 is 1.47 bits per heavy atom. The number of nitrogens with two attached hydrogens (primary N) is 1. The average molecular weight is 237 g/mol. The Morgan fingerprint density at radius 2 is 2.29 bits per heavy atom. The zero-order chi connectivity index (χ0) is 12.3. The molecule has 2 rings (SSSR count). The van der Waals surface area contributed by atoms with Crippen LogP contribution < -0.4 is 10.5 Å². The van der Waals surface area contributed by atoms with Crippen LogP contribution in [0.5, 0.6) is 5.75 Å². The fourth-order valence-corrected chi connectivity index (χ4v) is 1.39. The fraction of sp³-hybridized carbons (Fsp3) is 0.273. The Labute approximate surface area is 97.4 Å². The molecule has 0 aliphatic carbocycles. The lowest BCUT2D eigenvalue weighted by Gasteiger charge is -2.01. The van der Waals surface area contributed by atoms with Crippen LogP contribution in [-0.2, 0) is 6.42 Å². The highest BCUT2D eigenvalue weighted by Crippen LogP contribution is 2.23. The molecule has 0 bridgehead atoms. The summed E-state index contributed by atoms with van der Waals surface area (Å²) in [6.45, 7) is 0.409. The minimum Gasteiger partial charge on any atom is -0.497 e. The lowest BCUT2D eigenvalue weighted by Crippen LogP contribution is -2.02. The van der Waals surface area contributed by atoms with E-state index < -0.39 is 5.82 Å². The van der Waals surface area contributed by atoms with Gasteiger partial charge in [0.1, 0.15) is 11.6 Å². The number of hydrogen-bond acceptors (Lipinski definition) is 5. The molecule has 5 nitrogen and oxygen atoms in total. The van der Waals surface area contributed by atoms with E-state index in [0.29, 0.717) is 24.6 Å². The summed E-state index contributed by atoms with van der Waals surface area (Å²) in [6.07, 6.45) is 0.477. The Bertz CT molecular complexity index is 513. The van der Waals surface area contributed by atoms with Crippen LogP contribution in [0.15, 0.2) is 22.7 Å². The zero-order valence-corrected chi connectivity index (χ0v) is 9.31. The number of hydrogen-bond donors (Lipinski definition) is 1. The lowest BCUT2D eigenvalue weighted by molar-refractivity contribution is 0.380. The summed E-state index contributed by atoms with van der Waals surface area (Å²) in [5.41, 5.74) is 5.63. The van der Waals surface area contributed by atoms with Crippen LogP contribution in [-0.4, -0.2) is 23.8 Å². The van der Waals surface area contributed by atoms with Crippen molar-refractivity contribution in [3.05, 3.63) is 29.9 Å². The first kappa shape index (κ1) is 11.5. The number of ether oxygens (including phenoxy) is 1. The topological polar surface area (TPSA) is 74.2 Å². The van der Waals surface area contributed by atoms with Gasteiger partial charge < -0.3 is 15.0 Å². The normalized spacial score (nSPS) is 10.5. The van der Waals surface area contributed by atoms with Crippen LogP contribution in [0.4, 0.5) is 4.39 Å². The second-order valence-electron chi connectivity index (χ2n) is 3.40. The van der Waals surface area contributed by atoms with Gasteiger partial charge in [-0.15, -0.1) is 0 Å². The molecule has 0 amide bonds. The largest absolute Gasteiger partial charge is 0.497 e. The maximum atomic E-state index is 13.7. The van der Waals surface area contributed by atoms with Crippen molar-refractivity contribution in [2.24, 2.45) is 5.73 Å². The molecule has 0 aliphatic rings. The van der Waals surface area contributed by atoms with Crippen molar-refractivity contribution < 1.29 is 13.7 Å². The maximum Gasteiger partial charge on any atom is 0.228 e. The molecule has 2 aromatic rings. The summed E-state index contributed by atoms with van der Waals surface area (Å²) >= 11 is 0. The van der Waals surface area contributed by atoms with Gasteiger partial charge >= 0.3 is 0 Å². The molecule has 6 heteroatoms. The first-order valence-electron chi connectivity index (χ1n) is 5.11. The highest BCUT2D eigenvalue weighted by atomic mass is 19.1. The first-order chi connectivity index (χ1) is 8.24. The molecular weight excluding hydrogens is 225 g/mol. The molecule has 0 atom stereocenters. The summed E-state index contributed by atoms with van der Waals surface area (Å²) < 4.78 is 23.5. The van der Waals surface area contributed by atoms with E-state index in [2.05, 4.69) is 10.1 Å². The molecule has 0 aliphatic heterocycles. The molecule has 1 heterocycles. The monoisotopic (exact) mass is 237 g/mol. The SMILES string of the molecule is COc1ccc(-c2noc(CCN)n2)c(F)c1. The van der Waals surface area contributed by atoms with Gasteiger partial charge in [-0.2, -0.15) is 4.98 Å². The van der Waals surface area contributed by atoms with Gasteiger partial charge in [0.25, 0.3) is 0 Å². The predicted octanol–water partition coefficient (Wildman–Crippen LogP) is 1.39. The van der Waals surface area contributed by atoms with E-state index in [-0.39, 0.29) is 11.4 Å². The van der Waals surface area contributed by atoms with Gasteiger partial charge in [0.15, 0.2) is 0 Å². The summed E-state index contributed by atoms with van der Waals surface area (Å²) in [4.78, 5) is 4.05. The van der Waals surface area contributed by atoms with E-state index in [4.69, 9.17) is 15.0 Å². The highest BCUT2D eigenvalue weighted by Gasteiger charge is 2.13. The van der Waals surface area contributed by atoms with Crippen LogP contribution in [0.3, 0.4) is 0 Å². The Kier molecular flexibility index (Phi) is 3.34. The second-order valence-corrected chi connectivity index (χ2v) is 3.40. The summed E-state index contributed by atoms with van der Waals surface area (Å²) in [5.74, 6) is 0.604. The number of nitrogens with zero attached hydrogens (tertiary/aromatic N) is 2. The van der Waals surface area contributed by atoms with Crippen molar-refractivity contribution in [1.82, 2.24) is 10.1 Å². The molecule has 0 unspecified atom stereocenters. The molecule has 0 fully saturated rings. The molecule has 0 saturated carbocycles. The van der Waals surface area contributed by atoms with E-state index >= 15 is 0 Å². The second kappa shape index (κ2) is 4.92. The Hall–Kier alpha value is -1.95. The molecule has 1 aromatic heterocycles. The van der Waals surface area contributed by atoms with Crippen LogP contribution in [0.1, 0.15) is 5.89 Å². The van der Waals surface area contributed by atoms with Crippen molar-refractivity contribution in [2.75, 3.05) is 13.7 Å². The molecule has 0 radical (unpaired) electrons. The van der Waals surface area contributed by atoms with Crippen molar-refractivity contribution in [2.45, 2.75) is 6.42 Å². The number of benzene rings is 1. The molecular formula is C11H12FN3O2. The predicted molar refractivity (Wildman–Crippen MR) is 59.0 cm³/mol. The molecule has 17 heavy (non-hydrogen) atoms. The highest BCUT2D eigenvalue weighted by molar-refractivity contribution is 5.56. The van der Waals surface area contributed by atoms with E-state index in [9.17, 15) is 4.39 Å². The summed E-state index contributed by atoms with van der Waals surface area (Å²) in [6, 6.07) is 4.46. The van der Waals surface area contributed by atoms with Gasteiger partial charge in [0.05, 0.1) is 12.7 Å². The lowest BCUT2D eigenvalue weighted by atomic mass is 10.2. The number of methoxy groups -OCH3 is 1. The standard InChI is InChI=1S/C11H12FN3O2/c1-16-7-2-3-8(9(12)6-7)11-14-10(4-5-13)17-15-11/h2-3,6H,4-5,13H2,1H3. The maximum absolute atomic E-state index is 13.7. The van der Waals surface area contributed by atoms with E-state index in [1.54, 1.807) is 12.1 Å². The van der Waals surface area contributed by atoms with Crippen molar-refractivity contribution in [1.29, 1.82) is 0 Å². The molecule has 0 saturated heterocycles. The molecule has 0 spiro atoms. The van der Waals surface area contributed by atoms with Crippen LogP contribution in [0.2, 0.25) is 0 Å². The first-order valence-corrected chi connectivity index (χ1v) is 5.11. The van der Waals surface area contributed by atoms with Gasteiger partial charge in [-0.25, -0.2) is 4.39 Å². The number of rotatable bonds is 4. The summed E-state index contributed by atoms with van der Waals surface area (Å²) in [5, 5.41) is 3.70. The fourth-order valence-electron chi connectivity index (χ4n) is 1.39. The van der Waals surface area contributed by atoms with Crippen LogP contribution in [0, 0.1) is 5.82 Å². The third-order valence-electron chi connectivity index (χ3n) is 2.24. The quantitative estimate of drug-likeness (QED) is 0.869. The molecule has 1 aromatic carbocycles. The number of halogens is 1. The van der Waals surface area contributed by atoms with Crippen LogP contribution >= 0.6 is 0 Å². The third kappa shape index (κ3) is 2.42. The van der Waals surface area contributed by atoms with Crippen molar-refractivity contribution >= 4 is 0 Å². The summed E-state index contributed by atoms with van der Waals surface area (Å²) in [7, 11) is 1.47. The zero-order valence-electron chi connectivity index (χ0n) is 9.31. The van der Waals surface area contributed by atoms with Gasteiger partial charge in [-0.05, 0) is 12.1 Å². The van der Waals surface area contributed by atoms with Gasteiger partial charge in [-0.1, -0.05) is 5.16 Å². The molecule has 2 N–H and O–H groups in total. The Balaban J connectivity index is 2.32. The van der Waals surface area contributed by atoms with Crippen LogP contribution in [0.25, 0.3) is 11.4 Å². The number of aromatic nitrogens is 2. The van der Waals surface area contributed by atoms with E-state index in [1.165, 1.54) is 13.2 Å². The Morgan fingerprint density at radius 3 is 2.94 bits per heavy atom. The van der Waals surface area contributed by atoms with Crippen molar-refractivity contribution in [3.8, 4) is 17.1 Å². The van der Waals surface area contributed by atoms with Gasteiger partial charge in [0, 0.05) is 19.0 Å². The van der Waals surface area contributed by atoms with E-state index in [0.717, 1.165) is 0 Å². The van der Waals surface area contributed by atoms with Gasteiger partial charge in [0.2, 0.25) is 11.7 Å². The molecule has 90 valence electrons. The third-order valence-corrected chi connectivity index (χ3v) is 2.24. The average Bonchev–Trinajstić information content (AvgIpc) is 2.78. The van der Waals surface area contributed by atoms with E-state index in [1.807, 2.05) is 0 Å². The minimum absolute atomic E-state index is 0.216. The minimum atomic E-state index is -0.454. The smallest absolute Gasteiger partial charge is 0.228 e. The van der Waals surface area contributed by atoms with Crippen molar-refractivity contribution in [3.63, 3.8) is 0 Å². The van der Waals surface area contributed by atoms with Gasteiger partial charge in [-0.3, -0.25) is 0 Å².